The number of methoxy groups -OCH3 is 2. The standard InChI is InChI=1S/C25H25FN2O5S/c1-32-23-12-11-22(15-24(23)33-2)34(30,31)28(21-9-7-20(26)8-10-21)17-25(29)27-14-13-18-5-3-4-6-19(18)16-27/h3-12,15H,13-14,16-17H2,1-2H3. The lowest BCUT2D eigenvalue weighted by Gasteiger charge is -2.32. The maximum Gasteiger partial charge on any atom is 0.264 e. The van der Waals surface area contributed by atoms with Crippen LogP contribution < -0.4 is 13.8 Å². The SMILES string of the molecule is COc1ccc(S(=O)(=O)N(CC(=O)N2CCc3ccccc3C2)c2ccc(F)cc2)cc1OC. The molecule has 4 rings (SSSR count). The van der Waals surface area contributed by atoms with Gasteiger partial charge in [0, 0.05) is 19.2 Å². The molecule has 1 amide bonds. The molecular weight excluding hydrogens is 459 g/mol. The molecule has 0 bridgehead atoms. The molecule has 0 N–H and O–H groups in total. The Kier molecular flexibility index (Phi) is 6.74. The van der Waals surface area contributed by atoms with Crippen LogP contribution in [0.3, 0.4) is 0 Å². The van der Waals surface area contributed by atoms with Crippen LogP contribution in [-0.2, 0) is 27.8 Å². The Balaban J connectivity index is 1.67. The molecule has 3 aromatic rings. The van der Waals surface area contributed by atoms with Gasteiger partial charge in [0.05, 0.1) is 24.8 Å². The zero-order chi connectivity index (χ0) is 24.3. The van der Waals surface area contributed by atoms with Crippen LogP contribution in [0.15, 0.2) is 71.6 Å². The van der Waals surface area contributed by atoms with Crippen molar-refractivity contribution >= 4 is 21.6 Å². The third-order valence-electron chi connectivity index (χ3n) is 5.82. The maximum absolute atomic E-state index is 13.7. The molecular formula is C25H25FN2O5S. The molecule has 0 atom stereocenters. The molecule has 0 spiro atoms. The molecule has 0 saturated carbocycles. The molecule has 0 aliphatic carbocycles. The molecule has 1 aliphatic heterocycles. The Hall–Kier alpha value is -3.59. The van der Waals surface area contributed by atoms with Gasteiger partial charge in [0.15, 0.2) is 11.5 Å². The van der Waals surface area contributed by atoms with E-state index in [-0.39, 0.29) is 22.2 Å². The predicted octanol–water partition coefficient (Wildman–Crippen LogP) is 3.62. The first-order chi connectivity index (χ1) is 16.3. The summed E-state index contributed by atoms with van der Waals surface area (Å²) in [5.41, 5.74) is 2.40. The molecule has 9 heteroatoms. The summed E-state index contributed by atoms with van der Waals surface area (Å²) in [6.07, 6.45) is 0.695. The lowest BCUT2D eigenvalue weighted by molar-refractivity contribution is -0.130. The quantitative estimate of drug-likeness (QED) is 0.512. The number of carbonyl (C=O) groups is 1. The van der Waals surface area contributed by atoms with Crippen LogP contribution in [-0.4, -0.2) is 46.5 Å². The Morgan fingerprint density at radius 3 is 2.32 bits per heavy atom. The third kappa shape index (κ3) is 4.70. The van der Waals surface area contributed by atoms with Crippen molar-refractivity contribution in [2.45, 2.75) is 17.9 Å². The van der Waals surface area contributed by atoms with Crippen LogP contribution in [0.5, 0.6) is 11.5 Å². The van der Waals surface area contributed by atoms with E-state index in [0.717, 1.165) is 22.0 Å². The highest BCUT2D eigenvalue weighted by Gasteiger charge is 2.31. The van der Waals surface area contributed by atoms with Crippen molar-refractivity contribution in [3.8, 4) is 11.5 Å². The number of nitrogens with zero attached hydrogens (tertiary/aromatic N) is 2. The van der Waals surface area contributed by atoms with Gasteiger partial charge in [-0.15, -0.1) is 0 Å². The maximum atomic E-state index is 13.7. The van der Waals surface area contributed by atoms with Crippen molar-refractivity contribution in [2.24, 2.45) is 0 Å². The molecule has 3 aromatic carbocycles. The second-order valence-corrected chi connectivity index (χ2v) is 9.70. The summed E-state index contributed by atoms with van der Waals surface area (Å²) in [4.78, 5) is 14.8. The van der Waals surface area contributed by atoms with E-state index in [1.54, 1.807) is 4.90 Å². The molecule has 0 unspecified atom stereocenters. The number of hydrogen-bond acceptors (Lipinski definition) is 5. The molecule has 1 heterocycles. The summed E-state index contributed by atoms with van der Waals surface area (Å²) in [6.45, 7) is 0.469. The van der Waals surface area contributed by atoms with Crippen LogP contribution in [0.1, 0.15) is 11.1 Å². The first-order valence-corrected chi connectivity index (χ1v) is 12.1. The lowest BCUT2D eigenvalue weighted by atomic mass is 10.00. The fourth-order valence-electron chi connectivity index (χ4n) is 3.96. The van der Waals surface area contributed by atoms with E-state index in [4.69, 9.17) is 9.47 Å². The van der Waals surface area contributed by atoms with Gasteiger partial charge in [-0.25, -0.2) is 12.8 Å². The number of sulfonamides is 1. The molecule has 0 aromatic heterocycles. The minimum absolute atomic E-state index is 0.0775. The second kappa shape index (κ2) is 9.72. The fourth-order valence-corrected chi connectivity index (χ4v) is 5.39. The summed E-state index contributed by atoms with van der Waals surface area (Å²) in [5.74, 6) is -0.242. The van der Waals surface area contributed by atoms with Gasteiger partial charge in [0.2, 0.25) is 5.91 Å². The normalized spacial score (nSPS) is 13.2. The van der Waals surface area contributed by atoms with Gasteiger partial charge in [0.1, 0.15) is 12.4 Å². The van der Waals surface area contributed by atoms with Gasteiger partial charge in [-0.2, -0.15) is 0 Å². The van der Waals surface area contributed by atoms with Crippen LogP contribution in [0, 0.1) is 5.82 Å². The summed E-state index contributed by atoms with van der Waals surface area (Å²) in [6, 6.07) is 17.1. The molecule has 1 aliphatic rings. The predicted molar refractivity (Wildman–Crippen MR) is 126 cm³/mol. The average Bonchev–Trinajstić information content (AvgIpc) is 2.86. The molecule has 178 valence electrons. The van der Waals surface area contributed by atoms with E-state index < -0.39 is 22.4 Å². The second-order valence-electron chi connectivity index (χ2n) is 7.84. The molecule has 0 saturated heterocycles. The van der Waals surface area contributed by atoms with E-state index in [1.807, 2.05) is 24.3 Å². The monoisotopic (exact) mass is 484 g/mol. The Labute approximate surface area is 198 Å². The molecule has 0 fully saturated rings. The summed E-state index contributed by atoms with van der Waals surface area (Å²) in [7, 11) is -1.33. The van der Waals surface area contributed by atoms with Gasteiger partial charge < -0.3 is 14.4 Å². The van der Waals surface area contributed by atoms with Crippen molar-refractivity contribution < 1.29 is 27.1 Å². The van der Waals surface area contributed by atoms with Crippen LogP contribution in [0.4, 0.5) is 10.1 Å². The van der Waals surface area contributed by atoms with Crippen molar-refractivity contribution in [2.75, 3.05) is 31.6 Å². The Bertz CT molecular complexity index is 1290. The number of hydrogen-bond donors (Lipinski definition) is 0. The highest BCUT2D eigenvalue weighted by molar-refractivity contribution is 7.92. The number of ether oxygens (including phenoxy) is 2. The van der Waals surface area contributed by atoms with Crippen molar-refractivity contribution in [3.05, 3.63) is 83.7 Å². The molecule has 7 nitrogen and oxygen atoms in total. The highest BCUT2D eigenvalue weighted by atomic mass is 32.2. The van der Waals surface area contributed by atoms with Crippen molar-refractivity contribution in [3.63, 3.8) is 0 Å². The Morgan fingerprint density at radius 2 is 1.65 bits per heavy atom. The van der Waals surface area contributed by atoms with Crippen LogP contribution >= 0.6 is 0 Å². The lowest BCUT2D eigenvalue weighted by Crippen LogP contribution is -2.44. The Morgan fingerprint density at radius 1 is 0.971 bits per heavy atom. The zero-order valence-corrected chi connectivity index (χ0v) is 19.7. The minimum Gasteiger partial charge on any atom is -0.493 e. The first kappa shape index (κ1) is 23.6. The van der Waals surface area contributed by atoms with Gasteiger partial charge in [-0.3, -0.25) is 9.10 Å². The van der Waals surface area contributed by atoms with Gasteiger partial charge >= 0.3 is 0 Å². The minimum atomic E-state index is -4.19. The van der Waals surface area contributed by atoms with E-state index in [0.29, 0.717) is 25.3 Å². The van der Waals surface area contributed by atoms with Crippen molar-refractivity contribution in [1.29, 1.82) is 0 Å². The third-order valence-corrected chi connectivity index (χ3v) is 7.59. The number of anilines is 1. The summed E-state index contributed by atoms with van der Waals surface area (Å²) >= 11 is 0. The number of amides is 1. The van der Waals surface area contributed by atoms with Gasteiger partial charge in [0.25, 0.3) is 10.0 Å². The van der Waals surface area contributed by atoms with E-state index in [2.05, 4.69) is 0 Å². The average molecular weight is 485 g/mol. The molecule has 34 heavy (non-hydrogen) atoms. The smallest absolute Gasteiger partial charge is 0.264 e. The van der Waals surface area contributed by atoms with E-state index in [9.17, 15) is 17.6 Å². The largest absolute Gasteiger partial charge is 0.493 e. The van der Waals surface area contributed by atoms with E-state index in [1.165, 1.54) is 50.1 Å². The van der Waals surface area contributed by atoms with Crippen molar-refractivity contribution in [1.82, 2.24) is 4.90 Å². The molecule has 0 radical (unpaired) electrons. The van der Waals surface area contributed by atoms with Gasteiger partial charge in [-0.1, -0.05) is 24.3 Å². The topological polar surface area (TPSA) is 76.2 Å². The number of carbonyl (C=O) groups excluding carboxylic acids is 1. The van der Waals surface area contributed by atoms with Crippen LogP contribution in [0.2, 0.25) is 0 Å². The van der Waals surface area contributed by atoms with Crippen LogP contribution in [0.25, 0.3) is 0 Å². The zero-order valence-electron chi connectivity index (χ0n) is 18.9. The highest BCUT2D eigenvalue weighted by Crippen LogP contribution is 2.32. The number of halogens is 1. The van der Waals surface area contributed by atoms with Gasteiger partial charge in [-0.05, 0) is 53.9 Å². The number of fused-ring (bicyclic) bond motifs is 1. The first-order valence-electron chi connectivity index (χ1n) is 10.7. The number of benzene rings is 3. The fraction of sp³-hybridized carbons (Fsp3) is 0.240. The van der Waals surface area contributed by atoms with E-state index >= 15 is 0 Å². The number of rotatable bonds is 7. The summed E-state index contributed by atoms with van der Waals surface area (Å²) in [5, 5.41) is 0. The summed E-state index contributed by atoms with van der Waals surface area (Å²) < 4.78 is 52.4.